The van der Waals surface area contributed by atoms with E-state index in [1.54, 1.807) is 12.1 Å². The Labute approximate surface area is 93.0 Å². The van der Waals surface area contributed by atoms with Gasteiger partial charge in [0.05, 0.1) is 18.6 Å². The average molecular weight is 227 g/mol. The van der Waals surface area contributed by atoms with Crippen LogP contribution in [0.1, 0.15) is 21.5 Å². The second kappa shape index (κ2) is 4.94. The molecule has 0 aliphatic carbocycles. The van der Waals surface area contributed by atoms with Crippen LogP contribution in [0.3, 0.4) is 0 Å². The first kappa shape index (κ1) is 11.7. The van der Waals surface area contributed by atoms with Gasteiger partial charge in [0.2, 0.25) is 0 Å². The Bertz CT molecular complexity index is 399. The topological polar surface area (TPSA) is 43.4 Å². The van der Waals surface area contributed by atoms with E-state index in [1.165, 1.54) is 7.11 Å². The van der Waals surface area contributed by atoms with Gasteiger partial charge in [-0.2, -0.15) is 0 Å². The molecule has 0 unspecified atom stereocenters. The van der Waals surface area contributed by atoms with Gasteiger partial charge in [0, 0.05) is 5.56 Å². The maximum atomic E-state index is 11.1. The molecule has 1 aromatic rings. The summed E-state index contributed by atoms with van der Waals surface area (Å²) in [5, 5.41) is 0.320. The van der Waals surface area contributed by atoms with E-state index in [-0.39, 0.29) is 12.4 Å². The lowest BCUT2D eigenvalue weighted by molar-refractivity contribution is -0.139. The van der Waals surface area contributed by atoms with E-state index < -0.39 is 0 Å². The number of benzene rings is 1. The van der Waals surface area contributed by atoms with Crippen LogP contribution in [0.15, 0.2) is 12.1 Å². The van der Waals surface area contributed by atoms with E-state index in [1.807, 2.05) is 6.92 Å². The summed E-state index contributed by atoms with van der Waals surface area (Å²) in [6, 6.07) is 3.45. The van der Waals surface area contributed by atoms with Crippen LogP contribution in [0, 0.1) is 6.92 Å². The fraction of sp³-hybridized carbons (Fsp3) is 0.273. The van der Waals surface area contributed by atoms with E-state index in [9.17, 15) is 9.59 Å². The third-order valence-electron chi connectivity index (χ3n) is 2.01. The van der Waals surface area contributed by atoms with Gasteiger partial charge < -0.3 is 4.74 Å². The Hall–Kier alpha value is -1.35. The number of hydrogen-bond acceptors (Lipinski definition) is 3. The SMILES string of the molecule is COC(=O)Cc1cc(C)cc(C=O)c1Cl. The van der Waals surface area contributed by atoms with Crippen LogP contribution < -0.4 is 0 Å². The predicted molar refractivity (Wildman–Crippen MR) is 57.3 cm³/mol. The Morgan fingerprint density at radius 3 is 2.73 bits per heavy atom. The molecule has 80 valence electrons. The van der Waals surface area contributed by atoms with Gasteiger partial charge in [-0.05, 0) is 18.6 Å². The van der Waals surface area contributed by atoms with Crippen molar-refractivity contribution in [3.05, 3.63) is 33.8 Å². The largest absolute Gasteiger partial charge is 0.469 e. The van der Waals surface area contributed by atoms with Crippen molar-refractivity contribution in [1.82, 2.24) is 0 Å². The molecule has 0 bridgehead atoms. The fourth-order valence-corrected chi connectivity index (χ4v) is 1.54. The molecule has 0 heterocycles. The summed E-state index contributed by atoms with van der Waals surface area (Å²) in [6.07, 6.45) is 0.758. The molecule has 0 aliphatic rings. The van der Waals surface area contributed by atoms with Crippen LogP contribution in [0.4, 0.5) is 0 Å². The molecule has 0 saturated carbocycles. The lowest BCUT2D eigenvalue weighted by Crippen LogP contribution is -2.06. The Kier molecular flexibility index (Phi) is 3.86. The first-order valence-corrected chi connectivity index (χ1v) is 4.77. The van der Waals surface area contributed by atoms with Crippen molar-refractivity contribution in [2.45, 2.75) is 13.3 Å². The molecule has 15 heavy (non-hydrogen) atoms. The first-order chi connectivity index (χ1) is 7.08. The minimum atomic E-state index is -0.376. The summed E-state index contributed by atoms with van der Waals surface area (Å²) in [5.74, 6) is -0.376. The van der Waals surface area contributed by atoms with Gasteiger partial charge >= 0.3 is 5.97 Å². The van der Waals surface area contributed by atoms with Crippen molar-refractivity contribution in [3.63, 3.8) is 0 Å². The van der Waals surface area contributed by atoms with Crippen LogP contribution >= 0.6 is 11.6 Å². The molecule has 1 aromatic carbocycles. The molecule has 0 radical (unpaired) electrons. The van der Waals surface area contributed by atoms with Crippen LogP contribution in [-0.4, -0.2) is 19.4 Å². The van der Waals surface area contributed by atoms with E-state index in [0.29, 0.717) is 22.4 Å². The van der Waals surface area contributed by atoms with Crippen molar-refractivity contribution < 1.29 is 14.3 Å². The number of esters is 1. The van der Waals surface area contributed by atoms with Crippen LogP contribution in [0.5, 0.6) is 0 Å². The third kappa shape index (κ3) is 2.80. The van der Waals surface area contributed by atoms with Crippen LogP contribution in [0.2, 0.25) is 5.02 Å². The van der Waals surface area contributed by atoms with Gasteiger partial charge in [0.1, 0.15) is 0 Å². The molecule has 0 aromatic heterocycles. The quantitative estimate of drug-likeness (QED) is 0.586. The molecule has 0 atom stereocenters. The number of aldehydes is 1. The highest BCUT2D eigenvalue weighted by Gasteiger charge is 2.11. The molecule has 0 spiro atoms. The van der Waals surface area contributed by atoms with Gasteiger partial charge in [-0.1, -0.05) is 23.2 Å². The zero-order valence-corrected chi connectivity index (χ0v) is 9.30. The summed E-state index contributed by atoms with van der Waals surface area (Å²) in [4.78, 5) is 21.8. The van der Waals surface area contributed by atoms with Crippen molar-refractivity contribution in [1.29, 1.82) is 0 Å². The molecule has 0 aliphatic heterocycles. The lowest BCUT2D eigenvalue weighted by Gasteiger charge is -2.06. The molecule has 0 N–H and O–H groups in total. The van der Waals surface area contributed by atoms with E-state index in [4.69, 9.17) is 11.6 Å². The van der Waals surface area contributed by atoms with Crippen molar-refractivity contribution in [3.8, 4) is 0 Å². The molecule has 4 heteroatoms. The van der Waals surface area contributed by atoms with Gasteiger partial charge in [0.25, 0.3) is 0 Å². The zero-order valence-electron chi connectivity index (χ0n) is 8.54. The van der Waals surface area contributed by atoms with E-state index in [0.717, 1.165) is 5.56 Å². The summed E-state index contributed by atoms with van der Waals surface area (Å²) in [6.45, 7) is 1.84. The Morgan fingerprint density at radius 1 is 1.53 bits per heavy atom. The van der Waals surface area contributed by atoms with Gasteiger partial charge in [-0.25, -0.2) is 0 Å². The smallest absolute Gasteiger partial charge is 0.310 e. The lowest BCUT2D eigenvalue weighted by atomic mass is 10.0. The average Bonchev–Trinajstić information content (AvgIpc) is 2.22. The zero-order chi connectivity index (χ0) is 11.4. The molecule has 1 rings (SSSR count). The van der Waals surface area contributed by atoms with Crippen molar-refractivity contribution >= 4 is 23.9 Å². The van der Waals surface area contributed by atoms with Crippen LogP contribution in [0.25, 0.3) is 0 Å². The summed E-state index contributed by atoms with van der Waals surface area (Å²) < 4.78 is 4.54. The normalized spacial score (nSPS) is 9.80. The van der Waals surface area contributed by atoms with Crippen molar-refractivity contribution in [2.75, 3.05) is 7.11 Å². The fourth-order valence-electron chi connectivity index (χ4n) is 1.32. The number of halogens is 1. The standard InChI is InChI=1S/C11H11ClO3/c1-7-3-8(5-10(14)15-2)11(12)9(4-7)6-13/h3-4,6H,5H2,1-2H3. The van der Waals surface area contributed by atoms with Gasteiger partial charge in [-0.3, -0.25) is 9.59 Å². The van der Waals surface area contributed by atoms with E-state index in [2.05, 4.69) is 4.74 Å². The molecule has 3 nitrogen and oxygen atoms in total. The third-order valence-corrected chi connectivity index (χ3v) is 2.47. The first-order valence-electron chi connectivity index (χ1n) is 4.39. The highest BCUT2D eigenvalue weighted by Crippen LogP contribution is 2.22. The second-order valence-electron chi connectivity index (χ2n) is 3.20. The summed E-state index contributed by atoms with van der Waals surface area (Å²) >= 11 is 5.94. The number of carbonyl (C=O) groups is 2. The number of rotatable bonds is 3. The number of carbonyl (C=O) groups excluding carboxylic acids is 2. The Morgan fingerprint density at radius 2 is 2.20 bits per heavy atom. The minimum Gasteiger partial charge on any atom is -0.469 e. The molecule has 0 amide bonds. The molecule has 0 saturated heterocycles. The number of hydrogen-bond donors (Lipinski definition) is 0. The Balaban J connectivity index is 3.11. The predicted octanol–water partition coefficient (Wildman–Crippen LogP) is 2.18. The molecule has 0 fully saturated rings. The van der Waals surface area contributed by atoms with Gasteiger partial charge in [-0.15, -0.1) is 0 Å². The molecular formula is C11H11ClO3. The summed E-state index contributed by atoms with van der Waals surface area (Å²) in [5.41, 5.74) is 1.90. The number of ether oxygens (including phenoxy) is 1. The maximum Gasteiger partial charge on any atom is 0.310 e. The minimum absolute atomic E-state index is 0.0812. The van der Waals surface area contributed by atoms with Gasteiger partial charge in [0.15, 0.2) is 6.29 Å². The monoisotopic (exact) mass is 226 g/mol. The number of aryl methyl sites for hydroxylation is 1. The van der Waals surface area contributed by atoms with E-state index >= 15 is 0 Å². The highest BCUT2D eigenvalue weighted by molar-refractivity contribution is 6.33. The summed E-state index contributed by atoms with van der Waals surface area (Å²) in [7, 11) is 1.31. The number of methoxy groups -OCH3 is 1. The highest BCUT2D eigenvalue weighted by atomic mass is 35.5. The molecular weight excluding hydrogens is 216 g/mol. The van der Waals surface area contributed by atoms with Crippen LogP contribution in [-0.2, 0) is 16.0 Å². The maximum absolute atomic E-state index is 11.1. The van der Waals surface area contributed by atoms with Crippen molar-refractivity contribution in [2.24, 2.45) is 0 Å². The second-order valence-corrected chi connectivity index (χ2v) is 3.58.